The Kier molecular flexibility index (Phi) is 6.05. The van der Waals surface area contributed by atoms with Gasteiger partial charge in [-0.3, -0.25) is 0 Å². The molecule has 0 amide bonds. The van der Waals surface area contributed by atoms with Gasteiger partial charge in [-0.15, -0.1) is 0 Å². The lowest BCUT2D eigenvalue weighted by atomic mass is 9.98. The zero-order chi connectivity index (χ0) is 22.5. The molecule has 0 atom stereocenters. The van der Waals surface area contributed by atoms with Crippen molar-refractivity contribution < 1.29 is 13.9 Å². The van der Waals surface area contributed by atoms with E-state index in [-0.39, 0.29) is 5.88 Å². The third-order valence-corrected chi connectivity index (χ3v) is 5.14. The number of methoxy groups -OCH3 is 2. The standard InChI is InChI=1S/C27H22N2O3/c1-18-4-6-19(7-5-18)17-29-27-24(16-28)25(20-8-12-22(30-2)13-9-20)26(32-27)21-10-14-23(31-3)15-11-21/h4-15,17H,1-3H3. The van der Waals surface area contributed by atoms with Gasteiger partial charge in [0, 0.05) is 17.3 Å². The number of furan rings is 1. The van der Waals surface area contributed by atoms with Gasteiger partial charge in [-0.05, 0) is 54.4 Å². The Morgan fingerprint density at radius 1 is 0.812 bits per heavy atom. The van der Waals surface area contributed by atoms with Crippen LogP contribution in [-0.2, 0) is 0 Å². The number of benzene rings is 3. The highest BCUT2D eigenvalue weighted by Gasteiger charge is 2.23. The van der Waals surface area contributed by atoms with Crippen LogP contribution in [-0.4, -0.2) is 20.4 Å². The van der Waals surface area contributed by atoms with E-state index in [2.05, 4.69) is 11.1 Å². The van der Waals surface area contributed by atoms with E-state index in [9.17, 15) is 5.26 Å². The van der Waals surface area contributed by atoms with Crippen LogP contribution in [0.1, 0.15) is 16.7 Å². The first-order chi connectivity index (χ1) is 15.6. The summed E-state index contributed by atoms with van der Waals surface area (Å²) in [6.07, 6.45) is 1.70. The highest BCUT2D eigenvalue weighted by Crippen LogP contribution is 2.43. The normalized spacial score (nSPS) is 10.8. The van der Waals surface area contributed by atoms with Gasteiger partial charge in [-0.1, -0.05) is 42.0 Å². The number of aryl methyl sites for hydroxylation is 1. The topological polar surface area (TPSA) is 67.8 Å². The van der Waals surface area contributed by atoms with E-state index in [1.54, 1.807) is 20.4 Å². The Bertz CT molecular complexity index is 1280. The van der Waals surface area contributed by atoms with Gasteiger partial charge in [-0.2, -0.15) is 5.26 Å². The summed E-state index contributed by atoms with van der Waals surface area (Å²) in [5, 5.41) is 10.0. The molecule has 4 rings (SSSR count). The molecule has 4 aromatic rings. The van der Waals surface area contributed by atoms with Gasteiger partial charge in [0.1, 0.15) is 28.9 Å². The molecule has 0 aliphatic carbocycles. The van der Waals surface area contributed by atoms with Gasteiger partial charge in [0.25, 0.3) is 0 Å². The maximum absolute atomic E-state index is 10.0. The fraction of sp³-hybridized carbons (Fsp3) is 0.111. The van der Waals surface area contributed by atoms with E-state index in [0.717, 1.165) is 28.2 Å². The minimum Gasteiger partial charge on any atom is -0.497 e. The smallest absolute Gasteiger partial charge is 0.238 e. The summed E-state index contributed by atoms with van der Waals surface area (Å²) in [5.74, 6) is 2.32. The monoisotopic (exact) mass is 422 g/mol. The van der Waals surface area contributed by atoms with Crippen LogP contribution >= 0.6 is 0 Å². The van der Waals surface area contributed by atoms with Crippen molar-refractivity contribution in [3.63, 3.8) is 0 Å². The lowest BCUT2D eigenvalue weighted by Crippen LogP contribution is -1.87. The Balaban J connectivity index is 1.86. The molecule has 0 fully saturated rings. The van der Waals surface area contributed by atoms with Crippen molar-refractivity contribution >= 4 is 12.1 Å². The third kappa shape index (κ3) is 4.26. The van der Waals surface area contributed by atoms with Crippen molar-refractivity contribution in [1.82, 2.24) is 0 Å². The SMILES string of the molecule is COc1ccc(-c2oc(N=Cc3ccc(C)cc3)c(C#N)c2-c2ccc(OC)cc2)cc1. The Hall–Kier alpha value is -4.30. The summed E-state index contributed by atoms with van der Waals surface area (Å²) in [7, 11) is 3.24. The molecular weight excluding hydrogens is 400 g/mol. The average Bonchev–Trinajstić information content (AvgIpc) is 3.22. The number of aliphatic imine (C=N–C) groups is 1. The zero-order valence-corrected chi connectivity index (χ0v) is 18.1. The van der Waals surface area contributed by atoms with E-state index >= 15 is 0 Å². The van der Waals surface area contributed by atoms with E-state index in [4.69, 9.17) is 13.9 Å². The molecule has 0 bridgehead atoms. The van der Waals surface area contributed by atoms with Gasteiger partial charge >= 0.3 is 0 Å². The summed E-state index contributed by atoms with van der Waals surface area (Å²) in [6, 6.07) is 25.3. The molecule has 3 aromatic carbocycles. The molecule has 0 aliphatic heterocycles. The Labute approximate surface area is 187 Å². The van der Waals surface area contributed by atoms with Crippen molar-refractivity contribution in [2.45, 2.75) is 6.92 Å². The number of nitriles is 1. The number of hydrogen-bond donors (Lipinski definition) is 0. The molecule has 32 heavy (non-hydrogen) atoms. The maximum atomic E-state index is 10.0. The molecule has 5 nitrogen and oxygen atoms in total. The molecule has 158 valence electrons. The van der Waals surface area contributed by atoms with Crippen LogP contribution in [0.2, 0.25) is 0 Å². The second-order valence-electron chi connectivity index (χ2n) is 7.22. The number of ether oxygens (including phenoxy) is 2. The van der Waals surface area contributed by atoms with Crippen LogP contribution in [0, 0.1) is 18.3 Å². The van der Waals surface area contributed by atoms with Gasteiger partial charge in [0.15, 0.2) is 0 Å². The largest absolute Gasteiger partial charge is 0.497 e. The first-order valence-corrected chi connectivity index (χ1v) is 10.1. The molecule has 0 saturated heterocycles. The lowest BCUT2D eigenvalue weighted by Gasteiger charge is -2.06. The second-order valence-corrected chi connectivity index (χ2v) is 7.22. The van der Waals surface area contributed by atoms with E-state index < -0.39 is 0 Å². The first-order valence-electron chi connectivity index (χ1n) is 10.1. The Morgan fingerprint density at radius 3 is 1.91 bits per heavy atom. The first kappa shape index (κ1) is 21.0. The summed E-state index contributed by atoms with van der Waals surface area (Å²) in [4.78, 5) is 4.51. The van der Waals surface area contributed by atoms with Crippen LogP contribution in [0.25, 0.3) is 22.5 Å². The number of hydrogen-bond acceptors (Lipinski definition) is 5. The van der Waals surface area contributed by atoms with Crippen LogP contribution in [0.5, 0.6) is 11.5 Å². The molecule has 0 saturated carbocycles. The predicted octanol–water partition coefficient (Wildman–Crippen LogP) is 6.56. The summed E-state index contributed by atoms with van der Waals surface area (Å²) < 4.78 is 16.7. The molecule has 5 heteroatoms. The van der Waals surface area contributed by atoms with Crippen LogP contribution < -0.4 is 9.47 Å². The molecule has 1 aromatic heterocycles. The highest BCUT2D eigenvalue weighted by molar-refractivity contribution is 5.90. The summed E-state index contributed by atoms with van der Waals surface area (Å²) >= 11 is 0. The average molecular weight is 422 g/mol. The minimum atomic E-state index is 0.268. The van der Waals surface area contributed by atoms with Crippen molar-refractivity contribution in [1.29, 1.82) is 5.26 Å². The number of nitrogens with zero attached hydrogens (tertiary/aromatic N) is 2. The predicted molar refractivity (Wildman–Crippen MR) is 126 cm³/mol. The van der Waals surface area contributed by atoms with Crippen LogP contribution in [0.3, 0.4) is 0 Å². The maximum Gasteiger partial charge on any atom is 0.238 e. The Morgan fingerprint density at radius 2 is 1.38 bits per heavy atom. The summed E-state index contributed by atoms with van der Waals surface area (Å²) in [6.45, 7) is 2.03. The van der Waals surface area contributed by atoms with Gasteiger partial charge in [0.05, 0.1) is 14.2 Å². The van der Waals surface area contributed by atoms with Gasteiger partial charge in [0.2, 0.25) is 5.88 Å². The molecular formula is C27H22N2O3. The van der Waals surface area contributed by atoms with Crippen molar-refractivity contribution in [2.24, 2.45) is 4.99 Å². The van der Waals surface area contributed by atoms with E-state index in [1.807, 2.05) is 79.7 Å². The molecule has 0 N–H and O–H groups in total. The highest BCUT2D eigenvalue weighted by atomic mass is 16.5. The molecule has 0 aliphatic rings. The zero-order valence-electron chi connectivity index (χ0n) is 18.1. The summed E-state index contributed by atoms with van der Waals surface area (Å²) in [5.41, 5.74) is 4.83. The van der Waals surface area contributed by atoms with Crippen molar-refractivity contribution in [3.05, 3.63) is 89.5 Å². The van der Waals surface area contributed by atoms with Crippen LogP contribution in [0.4, 0.5) is 5.88 Å². The number of rotatable bonds is 6. The fourth-order valence-electron chi connectivity index (χ4n) is 3.38. The van der Waals surface area contributed by atoms with Gasteiger partial charge < -0.3 is 13.9 Å². The quantitative estimate of drug-likeness (QED) is 0.330. The third-order valence-electron chi connectivity index (χ3n) is 5.14. The van der Waals surface area contributed by atoms with Crippen LogP contribution in [0.15, 0.2) is 82.2 Å². The second kappa shape index (κ2) is 9.23. The molecule has 0 unspecified atom stereocenters. The lowest BCUT2D eigenvalue weighted by molar-refractivity contribution is 0.414. The van der Waals surface area contributed by atoms with E-state index in [0.29, 0.717) is 16.9 Å². The molecule has 0 radical (unpaired) electrons. The van der Waals surface area contributed by atoms with Gasteiger partial charge in [-0.25, -0.2) is 4.99 Å². The van der Waals surface area contributed by atoms with Crippen molar-refractivity contribution in [2.75, 3.05) is 14.2 Å². The van der Waals surface area contributed by atoms with Crippen molar-refractivity contribution in [3.8, 4) is 40.0 Å². The van der Waals surface area contributed by atoms with E-state index in [1.165, 1.54) is 5.56 Å². The molecule has 0 spiro atoms. The molecule has 1 heterocycles. The fourth-order valence-corrected chi connectivity index (χ4v) is 3.38. The minimum absolute atomic E-state index is 0.268.